The van der Waals surface area contributed by atoms with E-state index >= 15 is 0 Å². The van der Waals surface area contributed by atoms with Crippen LogP contribution in [0.25, 0.3) is 0 Å². The number of carbonyl (C=O) groups excluding carboxylic acids is 1. The molecule has 0 bridgehead atoms. The summed E-state index contributed by atoms with van der Waals surface area (Å²) in [5.41, 5.74) is 2.41. The number of urea groups is 1. The van der Waals surface area contributed by atoms with Crippen molar-refractivity contribution in [3.63, 3.8) is 0 Å². The molecule has 4 nitrogen and oxygen atoms in total. The number of hydrogen-bond donors (Lipinski definition) is 2. The summed E-state index contributed by atoms with van der Waals surface area (Å²) in [6.07, 6.45) is 5.94. The zero-order valence-corrected chi connectivity index (χ0v) is 15.4. The second kappa shape index (κ2) is 10.9. The highest BCUT2D eigenvalue weighted by atomic mass is 16.2. The molecule has 136 valence electrons. The van der Waals surface area contributed by atoms with Crippen LogP contribution in [-0.4, -0.2) is 12.6 Å². The fourth-order valence-electron chi connectivity index (χ4n) is 2.99. The minimum atomic E-state index is -0.241. The number of unbranched alkanes of at least 4 members (excludes halogenated alkanes) is 3. The molecule has 0 saturated heterocycles. The van der Waals surface area contributed by atoms with E-state index in [0.717, 1.165) is 6.42 Å². The van der Waals surface area contributed by atoms with Crippen LogP contribution in [0.3, 0.4) is 0 Å². The molecule has 0 radical (unpaired) electrons. The summed E-state index contributed by atoms with van der Waals surface area (Å²) in [7, 11) is 0. The van der Waals surface area contributed by atoms with Gasteiger partial charge in [-0.15, -0.1) is 0 Å². The van der Waals surface area contributed by atoms with Gasteiger partial charge in [-0.1, -0.05) is 69.0 Å². The molecule has 0 aliphatic heterocycles. The maximum atomic E-state index is 12.2. The maximum absolute atomic E-state index is 12.2. The molecule has 2 aromatic carbocycles. The Morgan fingerprint density at radius 1 is 1.08 bits per heavy atom. The fourth-order valence-corrected chi connectivity index (χ4v) is 2.99. The predicted octanol–water partition coefficient (Wildman–Crippen LogP) is 5.43. The molecule has 0 saturated carbocycles. The Bertz CT molecular complexity index is 722. The summed E-state index contributed by atoms with van der Waals surface area (Å²) in [4.78, 5) is 12.2. The Morgan fingerprint density at radius 3 is 2.62 bits per heavy atom. The van der Waals surface area contributed by atoms with Crippen molar-refractivity contribution in [2.45, 2.75) is 44.9 Å². The van der Waals surface area contributed by atoms with Gasteiger partial charge in [0.15, 0.2) is 0 Å². The van der Waals surface area contributed by atoms with E-state index in [-0.39, 0.29) is 6.03 Å². The van der Waals surface area contributed by atoms with Crippen LogP contribution in [0.5, 0.6) is 0 Å². The van der Waals surface area contributed by atoms with Crippen molar-refractivity contribution in [2.75, 3.05) is 11.9 Å². The number of nitrogens with one attached hydrogen (secondary N) is 2. The van der Waals surface area contributed by atoms with Gasteiger partial charge >= 0.3 is 6.03 Å². The second-order valence-corrected chi connectivity index (χ2v) is 6.48. The quantitative estimate of drug-likeness (QED) is 0.593. The second-order valence-electron chi connectivity index (χ2n) is 6.48. The third-order valence-electron chi connectivity index (χ3n) is 4.44. The highest BCUT2D eigenvalue weighted by molar-refractivity contribution is 5.89. The maximum Gasteiger partial charge on any atom is 0.319 e. The van der Waals surface area contributed by atoms with E-state index in [1.807, 2.05) is 18.2 Å². The van der Waals surface area contributed by atoms with Gasteiger partial charge in [-0.2, -0.15) is 5.26 Å². The van der Waals surface area contributed by atoms with Gasteiger partial charge in [0, 0.05) is 18.2 Å². The van der Waals surface area contributed by atoms with Crippen LogP contribution in [-0.2, 0) is 0 Å². The Labute approximate surface area is 156 Å². The fraction of sp³-hybridized carbons (Fsp3) is 0.364. The average molecular weight is 349 g/mol. The molecule has 0 aliphatic carbocycles. The lowest BCUT2D eigenvalue weighted by molar-refractivity contribution is 0.251. The van der Waals surface area contributed by atoms with Crippen molar-refractivity contribution in [3.8, 4) is 6.07 Å². The number of benzene rings is 2. The predicted molar refractivity (Wildman–Crippen MR) is 106 cm³/mol. The minimum Gasteiger partial charge on any atom is -0.337 e. The van der Waals surface area contributed by atoms with Crippen molar-refractivity contribution < 1.29 is 4.79 Å². The Kier molecular flexibility index (Phi) is 8.21. The smallest absolute Gasteiger partial charge is 0.319 e. The molecule has 0 spiro atoms. The molecule has 2 amide bonds. The average Bonchev–Trinajstić information content (AvgIpc) is 2.68. The monoisotopic (exact) mass is 349 g/mol. The number of rotatable bonds is 9. The molecule has 0 aromatic heterocycles. The van der Waals surface area contributed by atoms with E-state index in [4.69, 9.17) is 5.26 Å². The van der Waals surface area contributed by atoms with E-state index in [9.17, 15) is 4.79 Å². The first-order valence-corrected chi connectivity index (χ1v) is 9.33. The van der Waals surface area contributed by atoms with Crippen LogP contribution in [0, 0.1) is 11.3 Å². The Hall–Kier alpha value is -2.80. The van der Waals surface area contributed by atoms with Gasteiger partial charge in [-0.3, -0.25) is 0 Å². The third kappa shape index (κ3) is 6.60. The number of anilines is 1. The Morgan fingerprint density at radius 2 is 1.88 bits per heavy atom. The van der Waals surface area contributed by atoms with Gasteiger partial charge in [0.05, 0.1) is 11.6 Å². The van der Waals surface area contributed by atoms with Crippen LogP contribution in [0.1, 0.15) is 56.1 Å². The molecule has 2 N–H and O–H groups in total. The van der Waals surface area contributed by atoms with Crippen LogP contribution >= 0.6 is 0 Å². The number of nitrogens with zero attached hydrogens (tertiary/aromatic N) is 1. The first-order valence-electron chi connectivity index (χ1n) is 9.33. The van der Waals surface area contributed by atoms with Gasteiger partial charge in [0.1, 0.15) is 0 Å². The summed E-state index contributed by atoms with van der Waals surface area (Å²) < 4.78 is 0. The molecule has 1 unspecified atom stereocenters. The number of carbonyl (C=O) groups is 1. The lowest BCUT2D eigenvalue weighted by Gasteiger charge is -2.18. The number of amides is 2. The molecular formula is C22H27N3O. The van der Waals surface area contributed by atoms with E-state index < -0.39 is 0 Å². The summed E-state index contributed by atoms with van der Waals surface area (Å²) in [5, 5.41) is 14.7. The van der Waals surface area contributed by atoms with E-state index in [1.165, 1.54) is 31.2 Å². The Balaban J connectivity index is 1.90. The zero-order valence-electron chi connectivity index (χ0n) is 15.4. The standard InChI is InChI=1S/C22H27N3O/c1-2-3-4-6-13-20(19-11-7-5-8-12-19)17-24-22(26)25-21-14-9-10-18(15-21)16-23/h5,7-12,14-15,20H,2-4,6,13,17H2,1H3,(H2,24,25,26). The minimum absolute atomic E-state index is 0.241. The summed E-state index contributed by atoms with van der Waals surface area (Å²) in [5.74, 6) is 0.309. The van der Waals surface area contributed by atoms with Gasteiger partial charge in [0.25, 0.3) is 0 Å². The van der Waals surface area contributed by atoms with Crippen LogP contribution < -0.4 is 10.6 Å². The van der Waals surface area contributed by atoms with Crippen LogP contribution in [0.15, 0.2) is 54.6 Å². The molecule has 4 heteroatoms. The molecular weight excluding hydrogens is 322 g/mol. The van der Waals surface area contributed by atoms with E-state index in [1.54, 1.807) is 24.3 Å². The van der Waals surface area contributed by atoms with Gasteiger partial charge in [-0.05, 0) is 30.2 Å². The lowest BCUT2D eigenvalue weighted by Crippen LogP contribution is -2.32. The van der Waals surface area contributed by atoms with Crippen molar-refractivity contribution in [1.29, 1.82) is 5.26 Å². The molecule has 26 heavy (non-hydrogen) atoms. The first kappa shape index (κ1) is 19.5. The molecule has 0 heterocycles. The summed E-state index contributed by atoms with van der Waals surface area (Å²) >= 11 is 0. The van der Waals surface area contributed by atoms with Gasteiger partial charge in [-0.25, -0.2) is 4.79 Å². The first-order chi connectivity index (χ1) is 12.7. The van der Waals surface area contributed by atoms with Crippen molar-refractivity contribution in [2.24, 2.45) is 0 Å². The van der Waals surface area contributed by atoms with E-state index in [2.05, 4.69) is 35.8 Å². The number of nitriles is 1. The summed E-state index contributed by atoms with van der Waals surface area (Å²) in [6.45, 7) is 2.81. The van der Waals surface area contributed by atoms with Crippen LogP contribution in [0.2, 0.25) is 0 Å². The molecule has 1 atom stereocenters. The number of hydrogen-bond acceptors (Lipinski definition) is 2. The zero-order chi connectivity index (χ0) is 18.6. The normalized spacial score (nSPS) is 11.4. The van der Waals surface area contributed by atoms with E-state index in [0.29, 0.717) is 23.7 Å². The SMILES string of the molecule is CCCCCCC(CNC(=O)Nc1cccc(C#N)c1)c1ccccc1. The highest BCUT2D eigenvalue weighted by Crippen LogP contribution is 2.22. The lowest BCUT2D eigenvalue weighted by atomic mass is 9.93. The highest BCUT2D eigenvalue weighted by Gasteiger charge is 2.13. The molecule has 2 aromatic rings. The van der Waals surface area contributed by atoms with Crippen molar-refractivity contribution in [3.05, 3.63) is 65.7 Å². The van der Waals surface area contributed by atoms with Gasteiger partial charge in [0.2, 0.25) is 0 Å². The topological polar surface area (TPSA) is 64.9 Å². The van der Waals surface area contributed by atoms with Crippen LogP contribution in [0.4, 0.5) is 10.5 Å². The summed E-state index contributed by atoms with van der Waals surface area (Å²) in [6, 6.07) is 19.1. The van der Waals surface area contributed by atoms with Gasteiger partial charge < -0.3 is 10.6 Å². The third-order valence-corrected chi connectivity index (χ3v) is 4.44. The van der Waals surface area contributed by atoms with Crippen molar-refractivity contribution >= 4 is 11.7 Å². The molecule has 0 aliphatic rings. The molecule has 0 fully saturated rings. The molecule has 2 rings (SSSR count). The largest absolute Gasteiger partial charge is 0.337 e. The van der Waals surface area contributed by atoms with Crippen molar-refractivity contribution in [1.82, 2.24) is 5.32 Å².